The van der Waals surface area contributed by atoms with Gasteiger partial charge >= 0.3 is 0 Å². The molecule has 14 heavy (non-hydrogen) atoms. The molecule has 1 aromatic carbocycles. The minimum Gasteiger partial charge on any atom is -0.487 e. The molecule has 0 aromatic heterocycles. The monoisotopic (exact) mass is 189 g/mol. The summed E-state index contributed by atoms with van der Waals surface area (Å²) in [5, 5.41) is 0. The van der Waals surface area contributed by atoms with E-state index < -0.39 is 0 Å². The predicted molar refractivity (Wildman–Crippen MR) is 57.4 cm³/mol. The topological polar surface area (TPSA) is 9.23 Å². The molecule has 1 fully saturated rings. The largest absolute Gasteiger partial charge is 0.487 e. The Kier molecular flexibility index (Phi) is 2.76. The van der Waals surface area contributed by atoms with E-state index in [9.17, 15) is 0 Å². The molecule has 1 aliphatic carbocycles. The number of hydrogen-bond acceptors (Lipinski definition) is 1. The van der Waals surface area contributed by atoms with Gasteiger partial charge in [0, 0.05) is 6.07 Å². The van der Waals surface area contributed by atoms with Gasteiger partial charge in [0.15, 0.2) is 0 Å². The molecule has 1 saturated carbocycles. The highest BCUT2D eigenvalue weighted by atomic mass is 16.5. The van der Waals surface area contributed by atoms with Crippen LogP contribution in [0.2, 0.25) is 0 Å². The molecule has 0 N–H and O–H groups in total. The highest BCUT2D eigenvalue weighted by Gasteiger charge is 2.28. The Morgan fingerprint density at radius 1 is 1.21 bits per heavy atom. The summed E-state index contributed by atoms with van der Waals surface area (Å²) in [7, 11) is 0. The molecule has 1 heteroatoms. The van der Waals surface area contributed by atoms with Crippen molar-refractivity contribution >= 4 is 0 Å². The third-order valence-corrected chi connectivity index (χ3v) is 2.95. The molecule has 0 saturated heterocycles. The number of benzene rings is 1. The average molecular weight is 189 g/mol. The van der Waals surface area contributed by atoms with Gasteiger partial charge < -0.3 is 4.74 Å². The van der Waals surface area contributed by atoms with E-state index >= 15 is 0 Å². The minimum atomic E-state index is 0.0517. The standard InChI is InChI=1S/C13H17O/c1-13(10-6-3-7-11-13)14-12-8-4-2-5-9-12/h2,4-5,8H,3,6-7,10-11H2,1H3. The zero-order valence-electron chi connectivity index (χ0n) is 8.75. The van der Waals surface area contributed by atoms with Gasteiger partial charge in [0.05, 0.1) is 0 Å². The van der Waals surface area contributed by atoms with Crippen LogP contribution in [0.25, 0.3) is 0 Å². The Balaban J connectivity index is 2.02. The lowest BCUT2D eigenvalue weighted by Gasteiger charge is -2.34. The van der Waals surface area contributed by atoms with Crippen LogP contribution in [-0.2, 0) is 0 Å². The number of hydrogen-bond donors (Lipinski definition) is 0. The summed E-state index contributed by atoms with van der Waals surface area (Å²) < 4.78 is 5.99. The average Bonchev–Trinajstić information content (AvgIpc) is 2.19. The van der Waals surface area contributed by atoms with Crippen molar-refractivity contribution in [2.45, 2.75) is 44.6 Å². The Bertz CT molecular complexity index is 273. The Morgan fingerprint density at radius 2 is 2.00 bits per heavy atom. The lowest BCUT2D eigenvalue weighted by atomic mass is 9.86. The molecule has 0 spiro atoms. The highest BCUT2D eigenvalue weighted by molar-refractivity contribution is 5.20. The van der Waals surface area contributed by atoms with E-state index in [1.807, 2.05) is 24.3 Å². The summed E-state index contributed by atoms with van der Waals surface area (Å²) in [6.45, 7) is 2.22. The third-order valence-electron chi connectivity index (χ3n) is 2.95. The molecule has 0 atom stereocenters. The Hall–Kier alpha value is -0.980. The molecule has 0 heterocycles. The van der Waals surface area contributed by atoms with E-state index in [-0.39, 0.29) is 5.60 Å². The Morgan fingerprint density at radius 3 is 2.64 bits per heavy atom. The van der Waals surface area contributed by atoms with E-state index in [0.717, 1.165) is 5.75 Å². The fourth-order valence-electron chi connectivity index (χ4n) is 2.11. The first-order chi connectivity index (χ1) is 6.79. The summed E-state index contributed by atoms with van der Waals surface area (Å²) in [6, 6.07) is 11.0. The van der Waals surface area contributed by atoms with Crippen LogP contribution in [0.1, 0.15) is 39.0 Å². The SMILES string of the molecule is CC1(Oc2[c]cccc2)CCCCC1. The van der Waals surface area contributed by atoms with E-state index in [1.54, 1.807) is 0 Å². The van der Waals surface area contributed by atoms with Crippen molar-refractivity contribution in [3.63, 3.8) is 0 Å². The second kappa shape index (κ2) is 4.04. The van der Waals surface area contributed by atoms with Crippen molar-refractivity contribution in [1.29, 1.82) is 0 Å². The van der Waals surface area contributed by atoms with Crippen LogP contribution in [0.15, 0.2) is 24.3 Å². The Labute approximate surface area is 86.1 Å². The number of para-hydroxylation sites is 1. The molecule has 1 aromatic rings. The second-order valence-electron chi connectivity index (χ2n) is 4.34. The van der Waals surface area contributed by atoms with Crippen molar-refractivity contribution in [2.24, 2.45) is 0 Å². The first-order valence-corrected chi connectivity index (χ1v) is 5.44. The molecule has 1 radical (unpaired) electrons. The third kappa shape index (κ3) is 2.28. The molecule has 2 rings (SSSR count). The van der Waals surface area contributed by atoms with Gasteiger partial charge in [-0.15, -0.1) is 0 Å². The van der Waals surface area contributed by atoms with Gasteiger partial charge in [0.1, 0.15) is 11.4 Å². The van der Waals surface area contributed by atoms with Crippen molar-refractivity contribution in [3.05, 3.63) is 30.3 Å². The maximum absolute atomic E-state index is 5.99. The summed E-state index contributed by atoms with van der Waals surface area (Å²) >= 11 is 0. The van der Waals surface area contributed by atoms with Crippen LogP contribution in [0.5, 0.6) is 5.75 Å². The van der Waals surface area contributed by atoms with Gasteiger partial charge in [-0.2, -0.15) is 0 Å². The zero-order chi connectivity index (χ0) is 9.86. The summed E-state index contributed by atoms with van der Waals surface area (Å²) in [6.07, 6.45) is 6.30. The van der Waals surface area contributed by atoms with Gasteiger partial charge in [-0.3, -0.25) is 0 Å². The number of rotatable bonds is 2. The van der Waals surface area contributed by atoms with Crippen molar-refractivity contribution < 1.29 is 4.74 Å². The van der Waals surface area contributed by atoms with Crippen LogP contribution < -0.4 is 4.74 Å². The van der Waals surface area contributed by atoms with Gasteiger partial charge in [-0.1, -0.05) is 24.6 Å². The fraction of sp³-hybridized carbons (Fsp3) is 0.538. The summed E-state index contributed by atoms with van der Waals surface area (Å²) in [5.74, 6) is 0.886. The quantitative estimate of drug-likeness (QED) is 0.690. The van der Waals surface area contributed by atoms with Crippen LogP contribution in [0, 0.1) is 6.07 Å². The molecular formula is C13H17O. The lowest BCUT2D eigenvalue weighted by molar-refractivity contribution is 0.0485. The van der Waals surface area contributed by atoms with Crippen molar-refractivity contribution in [3.8, 4) is 5.75 Å². The maximum Gasteiger partial charge on any atom is 0.128 e. The van der Waals surface area contributed by atoms with Gasteiger partial charge in [-0.05, 0) is 38.7 Å². The maximum atomic E-state index is 5.99. The van der Waals surface area contributed by atoms with E-state index in [4.69, 9.17) is 4.74 Å². The molecular weight excluding hydrogens is 172 g/mol. The molecule has 1 nitrogen and oxygen atoms in total. The fourth-order valence-corrected chi connectivity index (χ4v) is 2.11. The molecule has 75 valence electrons. The lowest BCUT2D eigenvalue weighted by Crippen LogP contribution is -2.34. The van der Waals surface area contributed by atoms with E-state index in [2.05, 4.69) is 13.0 Å². The smallest absolute Gasteiger partial charge is 0.128 e. The molecule has 1 aliphatic rings. The van der Waals surface area contributed by atoms with E-state index in [0.29, 0.717) is 0 Å². The van der Waals surface area contributed by atoms with Crippen LogP contribution in [0.3, 0.4) is 0 Å². The van der Waals surface area contributed by atoms with Crippen molar-refractivity contribution in [2.75, 3.05) is 0 Å². The summed E-state index contributed by atoms with van der Waals surface area (Å²) in [4.78, 5) is 0. The minimum absolute atomic E-state index is 0.0517. The first-order valence-electron chi connectivity index (χ1n) is 5.44. The van der Waals surface area contributed by atoms with Crippen LogP contribution in [-0.4, -0.2) is 5.60 Å². The second-order valence-corrected chi connectivity index (χ2v) is 4.34. The van der Waals surface area contributed by atoms with Gasteiger partial charge in [-0.25, -0.2) is 0 Å². The van der Waals surface area contributed by atoms with Crippen LogP contribution in [0.4, 0.5) is 0 Å². The van der Waals surface area contributed by atoms with Gasteiger partial charge in [0.2, 0.25) is 0 Å². The highest BCUT2D eigenvalue weighted by Crippen LogP contribution is 2.32. The van der Waals surface area contributed by atoms with E-state index in [1.165, 1.54) is 32.1 Å². The number of ether oxygens (including phenoxy) is 1. The predicted octanol–water partition coefficient (Wildman–Crippen LogP) is 3.59. The molecule has 0 unspecified atom stereocenters. The zero-order valence-corrected chi connectivity index (χ0v) is 8.75. The molecule has 0 aliphatic heterocycles. The van der Waals surface area contributed by atoms with Gasteiger partial charge in [0.25, 0.3) is 0 Å². The van der Waals surface area contributed by atoms with Crippen LogP contribution >= 0.6 is 0 Å². The van der Waals surface area contributed by atoms with Crippen molar-refractivity contribution in [1.82, 2.24) is 0 Å². The summed E-state index contributed by atoms with van der Waals surface area (Å²) in [5.41, 5.74) is 0.0517. The molecule has 0 amide bonds. The first kappa shape index (κ1) is 9.57. The molecule has 0 bridgehead atoms. The normalized spacial score (nSPS) is 20.4.